The molecule has 1 aromatic carbocycles. The van der Waals surface area contributed by atoms with Gasteiger partial charge in [-0.1, -0.05) is 12.1 Å². The fourth-order valence-corrected chi connectivity index (χ4v) is 2.19. The maximum absolute atomic E-state index is 11.8. The van der Waals surface area contributed by atoms with Crippen molar-refractivity contribution >= 4 is 16.8 Å². The molecular weight excluding hydrogens is 270 g/mol. The van der Waals surface area contributed by atoms with Crippen LogP contribution in [0.25, 0.3) is 10.9 Å². The third-order valence-electron chi connectivity index (χ3n) is 3.14. The van der Waals surface area contributed by atoms with Crippen molar-refractivity contribution in [3.8, 4) is 0 Å². The minimum atomic E-state index is -0.111. The Morgan fingerprint density at radius 3 is 2.95 bits per heavy atom. The zero-order chi connectivity index (χ0) is 15.2. The fourth-order valence-electron chi connectivity index (χ4n) is 2.19. The summed E-state index contributed by atoms with van der Waals surface area (Å²) in [4.78, 5) is 23.6. The van der Waals surface area contributed by atoms with Crippen molar-refractivity contribution in [3.63, 3.8) is 0 Å². The Bertz CT molecular complexity index is 681. The third kappa shape index (κ3) is 3.88. The first-order valence-corrected chi connectivity index (χ1v) is 6.85. The number of nitrogens with one attached hydrogen (secondary N) is 1. The van der Waals surface area contributed by atoms with Crippen LogP contribution in [0.2, 0.25) is 0 Å². The van der Waals surface area contributed by atoms with Gasteiger partial charge in [0.1, 0.15) is 0 Å². The lowest BCUT2D eigenvalue weighted by Crippen LogP contribution is -2.36. The van der Waals surface area contributed by atoms with E-state index in [9.17, 15) is 9.59 Å². The van der Waals surface area contributed by atoms with Crippen molar-refractivity contribution in [2.45, 2.75) is 25.9 Å². The lowest BCUT2D eigenvalue weighted by Gasteiger charge is -2.13. The van der Waals surface area contributed by atoms with Gasteiger partial charge in [-0.3, -0.25) is 14.3 Å². The Morgan fingerprint density at radius 2 is 2.19 bits per heavy atom. The second-order valence-corrected chi connectivity index (χ2v) is 4.92. The third-order valence-corrected chi connectivity index (χ3v) is 3.14. The number of carbonyl (C=O) groups is 1. The molecule has 0 aliphatic heterocycles. The Kier molecular flexibility index (Phi) is 5.05. The Balaban J connectivity index is 2.06. The second-order valence-electron chi connectivity index (χ2n) is 4.92. The summed E-state index contributed by atoms with van der Waals surface area (Å²) in [7, 11) is 1.60. The number of para-hydroxylation sites is 1. The first-order valence-electron chi connectivity index (χ1n) is 6.85. The van der Waals surface area contributed by atoms with Gasteiger partial charge in [0.15, 0.2) is 0 Å². The second kappa shape index (κ2) is 6.99. The van der Waals surface area contributed by atoms with Crippen molar-refractivity contribution in [1.82, 2.24) is 15.1 Å². The van der Waals surface area contributed by atoms with Crippen LogP contribution < -0.4 is 10.7 Å². The molecule has 1 amide bonds. The molecule has 0 fully saturated rings. The molecule has 0 spiro atoms. The lowest BCUT2D eigenvalue weighted by atomic mass is 10.2. The molecule has 1 heterocycles. The first kappa shape index (κ1) is 15.2. The molecular formula is C15H19N3O3. The average Bonchev–Trinajstić information content (AvgIpc) is 2.47. The van der Waals surface area contributed by atoms with E-state index in [-0.39, 0.29) is 17.4 Å². The maximum Gasteiger partial charge on any atom is 0.222 e. The molecule has 0 saturated carbocycles. The number of benzene rings is 1. The predicted octanol–water partition coefficient (Wildman–Crippen LogP) is 0.938. The van der Waals surface area contributed by atoms with Crippen molar-refractivity contribution in [3.05, 3.63) is 40.7 Å². The Hall–Kier alpha value is -2.21. The molecule has 21 heavy (non-hydrogen) atoms. The van der Waals surface area contributed by atoms with Gasteiger partial charge >= 0.3 is 0 Å². The molecule has 0 aliphatic rings. The number of aryl methyl sites for hydroxylation is 1. The summed E-state index contributed by atoms with van der Waals surface area (Å²) in [6.07, 6.45) is 1.59. The number of hydrogen-bond donors (Lipinski definition) is 1. The highest BCUT2D eigenvalue weighted by atomic mass is 16.5. The highest BCUT2D eigenvalue weighted by Gasteiger charge is 2.09. The molecule has 0 unspecified atom stereocenters. The van der Waals surface area contributed by atoms with Gasteiger partial charge in [-0.25, -0.2) is 0 Å². The molecule has 6 nitrogen and oxygen atoms in total. The van der Waals surface area contributed by atoms with Crippen molar-refractivity contribution in [2.75, 3.05) is 13.7 Å². The van der Waals surface area contributed by atoms with Gasteiger partial charge in [-0.2, -0.15) is 5.10 Å². The van der Waals surface area contributed by atoms with E-state index < -0.39 is 0 Å². The van der Waals surface area contributed by atoms with Crippen LogP contribution in [0.3, 0.4) is 0 Å². The summed E-state index contributed by atoms with van der Waals surface area (Å²) in [5.74, 6) is -0.0656. The molecule has 1 atom stereocenters. The van der Waals surface area contributed by atoms with E-state index in [4.69, 9.17) is 4.74 Å². The van der Waals surface area contributed by atoms with Crippen molar-refractivity contribution in [2.24, 2.45) is 0 Å². The van der Waals surface area contributed by atoms with Crippen molar-refractivity contribution < 1.29 is 9.53 Å². The molecule has 112 valence electrons. The zero-order valence-electron chi connectivity index (χ0n) is 12.2. The smallest absolute Gasteiger partial charge is 0.222 e. The number of ether oxygens (including phenoxy) is 1. The van der Waals surface area contributed by atoms with Crippen LogP contribution in [0.5, 0.6) is 0 Å². The molecule has 6 heteroatoms. The van der Waals surface area contributed by atoms with Gasteiger partial charge in [-0.15, -0.1) is 0 Å². The summed E-state index contributed by atoms with van der Waals surface area (Å²) >= 11 is 0. The lowest BCUT2D eigenvalue weighted by molar-refractivity contribution is -0.122. The van der Waals surface area contributed by atoms with E-state index in [1.807, 2.05) is 25.1 Å². The minimum Gasteiger partial charge on any atom is -0.383 e. The van der Waals surface area contributed by atoms with E-state index in [1.165, 1.54) is 6.20 Å². The van der Waals surface area contributed by atoms with E-state index in [2.05, 4.69) is 10.4 Å². The number of aromatic nitrogens is 2. The molecule has 0 bridgehead atoms. The molecule has 0 saturated heterocycles. The van der Waals surface area contributed by atoms with E-state index >= 15 is 0 Å². The fraction of sp³-hybridized carbons (Fsp3) is 0.400. The van der Waals surface area contributed by atoms with Gasteiger partial charge in [-0.05, 0) is 19.1 Å². The van der Waals surface area contributed by atoms with E-state index in [1.54, 1.807) is 17.9 Å². The molecule has 2 aromatic rings. The molecule has 1 N–H and O–H groups in total. The van der Waals surface area contributed by atoms with Crippen LogP contribution in [0.15, 0.2) is 35.3 Å². The minimum absolute atomic E-state index is 0.0266. The summed E-state index contributed by atoms with van der Waals surface area (Å²) in [5.41, 5.74) is 0.628. The number of rotatable bonds is 6. The summed E-state index contributed by atoms with van der Waals surface area (Å²) in [6, 6.07) is 7.22. The molecule has 0 aliphatic carbocycles. The summed E-state index contributed by atoms with van der Waals surface area (Å²) in [6.45, 7) is 2.78. The van der Waals surface area contributed by atoms with E-state index in [0.717, 1.165) is 5.52 Å². The standard InChI is InChI=1S/C15H19N3O3/c1-11(10-21-2)17-15(20)7-8-18-13-6-4-3-5-12(13)14(19)9-16-18/h3-6,9,11H,7-8,10H2,1-2H3,(H,17,20)/t11-/m1/s1. The van der Waals surface area contributed by atoms with E-state index in [0.29, 0.717) is 25.0 Å². The van der Waals surface area contributed by atoms with Crippen LogP contribution in [0, 0.1) is 0 Å². The molecule has 2 rings (SSSR count). The maximum atomic E-state index is 11.8. The topological polar surface area (TPSA) is 73.2 Å². The highest BCUT2D eigenvalue weighted by molar-refractivity contribution is 5.79. The number of carbonyl (C=O) groups excluding carboxylic acids is 1. The highest BCUT2D eigenvalue weighted by Crippen LogP contribution is 2.08. The number of nitrogens with zero attached hydrogens (tertiary/aromatic N) is 2. The van der Waals surface area contributed by atoms with Crippen LogP contribution in [-0.2, 0) is 16.1 Å². The van der Waals surface area contributed by atoms with Crippen LogP contribution in [-0.4, -0.2) is 35.4 Å². The summed E-state index contributed by atoms with van der Waals surface area (Å²) < 4.78 is 6.65. The number of amides is 1. The zero-order valence-corrected chi connectivity index (χ0v) is 12.2. The van der Waals surface area contributed by atoms with Gasteiger partial charge in [0.25, 0.3) is 0 Å². The van der Waals surface area contributed by atoms with Crippen LogP contribution in [0.1, 0.15) is 13.3 Å². The number of fused-ring (bicyclic) bond motifs is 1. The van der Waals surface area contributed by atoms with Crippen LogP contribution >= 0.6 is 0 Å². The first-order chi connectivity index (χ1) is 10.1. The van der Waals surface area contributed by atoms with Gasteiger partial charge < -0.3 is 10.1 Å². The predicted molar refractivity (Wildman–Crippen MR) is 80.1 cm³/mol. The van der Waals surface area contributed by atoms with Crippen molar-refractivity contribution in [1.29, 1.82) is 0 Å². The summed E-state index contributed by atoms with van der Waals surface area (Å²) in [5, 5.41) is 7.55. The largest absolute Gasteiger partial charge is 0.383 e. The number of methoxy groups -OCH3 is 1. The SMILES string of the molecule is COC[C@@H](C)NC(=O)CCn1ncc(=O)c2ccccc21. The Labute approximate surface area is 122 Å². The van der Waals surface area contributed by atoms with Crippen LogP contribution in [0.4, 0.5) is 0 Å². The molecule has 0 radical (unpaired) electrons. The quantitative estimate of drug-likeness (QED) is 0.859. The van der Waals surface area contributed by atoms with Gasteiger partial charge in [0, 0.05) is 25.0 Å². The molecule has 1 aromatic heterocycles. The number of hydrogen-bond acceptors (Lipinski definition) is 4. The normalized spacial score (nSPS) is 12.3. The average molecular weight is 289 g/mol. The monoisotopic (exact) mass is 289 g/mol. The van der Waals surface area contributed by atoms with Gasteiger partial charge in [0.2, 0.25) is 11.3 Å². The Morgan fingerprint density at radius 1 is 1.43 bits per heavy atom. The van der Waals surface area contributed by atoms with Gasteiger partial charge in [0.05, 0.1) is 24.9 Å².